The van der Waals surface area contributed by atoms with Crippen molar-refractivity contribution in [3.63, 3.8) is 0 Å². The summed E-state index contributed by atoms with van der Waals surface area (Å²) < 4.78 is 0. The van der Waals surface area contributed by atoms with Gasteiger partial charge in [-0.1, -0.05) is 27.2 Å². The molecule has 4 heteroatoms. The molecule has 106 valence electrons. The lowest BCUT2D eigenvalue weighted by Gasteiger charge is -2.16. The molecule has 1 aliphatic rings. The summed E-state index contributed by atoms with van der Waals surface area (Å²) in [7, 11) is 0. The van der Waals surface area contributed by atoms with Crippen LogP contribution in [0.4, 0.5) is 5.95 Å². The molecule has 4 nitrogen and oxygen atoms in total. The minimum Gasteiger partial charge on any atom is -0.341 e. The molecule has 1 atom stereocenters. The minimum atomic E-state index is 0.494. The molecule has 0 amide bonds. The lowest BCUT2D eigenvalue weighted by atomic mass is 10.0. The van der Waals surface area contributed by atoms with Gasteiger partial charge in [-0.25, -0.2) is 9.97 Å². The van der Waals surface area contributed by atoms with E-state index in [4.69, 9.17) is 0 Å². The molecule has 1 saturated heterocycles. The van der Waals surface area contributed by atoms with E-state index in [2.05, 4.69) is 41.0 Å². The summed E-state index contributed by atoms with van der Waals surface area (Å²) in [5, 5.41) is 3.38. The van der Waals surface area contributed by atoms with Crippen LogP contribution in [0.3, 0.4) is 0 Å². The van der Waals surface area contributed by atoms with Gasteiger partial charge in [0, 0.05) is 43.6 Å². The average Bonchev–Trinajstić information content (AvgIpc) is 2.86. The maximum Gasteiger partial charge on any atom is 0.225 e. The largest absolute Gasteiger partial charge is 0.341 e. The van der Waals surface area contributed by atoms with Crippen molar-refractivity contribution < 1.29 is 0 Å². The first-order valence-electron chi connectivity index (χ1n) is 7.48. The predicted molar refractivity (Wildman–Crippen MR) is 79.2 cm³/mol. The topological polar surface area (TPSA) is 41.1 Å². The first-order chi connectivity index (χ1) is 9.19. The summed E-state index contributed by atoms with van der Waals surface area (Å²) in [6.45, 7) is 9.62. The zero-order chi connectivity index (χ0) is 13.7. The number of hydrogen-bond donors (Lipinski definition) is 1. The van der Waals surface area contributed by atoms with Crippen LogP contribution >= 0.6 is 0 Å². The number of aromatic nitrogens is 2. The number of nitrogens with one attached hydrogen (secondary N) is 1. The van der Waals surface area contributed by atoms with Crippen molar-refractivity contribution in [2.24, 2.45) is 5.92 Å². The lowest BCUT2D eigenvalue weighted by Crippen LogP contribution is -2.24. The van der Waals surface area contributed by atoms with Crippen molar-refractivity contribution in [3.05, 3.63) is 18.0 Å². The lowest BCUT2D eigenvalue weighted by molar-refractivity contribution is 0.529. The Kier molecular flexibility index (Phi) is 5.14. The highest BCUT2D eigenvalue weighted by Crippen LogP contribution is 2.23. The Morgan fingerprint density at radius 2 is 2.11 bits per heavy atom. The van der Waals surface area contributed by atoms with Crippen LogP contribution < -0.4 is 10.2 Å². The maximum atomic E-state index is 4.51. The van der Waals surface area contributed by atoms with Crippen LogP contribution in [0.2, 0.25) is 0 Å². The Morgan fingerprint density at radius 1 is 1.37 bits per heavy atom. The molecule has 0 aromatic carbocycles. The molecule has 1 aromatic heterocycles. The van der Waals surface area contributed by atoms with Crippen LogP contribution in [0.5, 0.6) is 0 Å². The highest BCUT2D eigenvalue weighted by atomic mass is 15.3. The highest BCUT2D eigenvalue weighted by molar-refractivity contribution is 5.31. The molecule has 1 unspecified atom stereocenters. The summed E-state index contributed by atoms with van der Waals surface area (Å²) in [4.78, 5) is 11.3. The first-order valence-corrected chi connectivity index (χ1v) is 7.48. The average molecular weight is 262 g/mol. The van der Waals surface area contributed by atoms with Crippen molar-refractivity contribution in [3.8, 4) is 0 Å². The van der Waals surface area contributed by atoms with Crippen LogP contribution in [-0.2, 0) is 6.54 Å². The van der Waals surface area contributed by atoms with Crippen LogP contribution in [0.25, 0.3) is 0 Å². The molecule has 1 aromatic rings. The molecule has 1 N–H and O–H groups in total. The van der Waals surface area contributed by atoms with Gasteiger partial charge in [0.2, 0.25) is 5.95 Å². The third-order valence-corrected chi connectivity index (χ3v) is 3.67. The molecule has 19 heavy (non-hydrogen) atoms. The molecule has 0 spiro atoms. The van der Waals surface area contributed by atoms with Gasteiger partial charge in [-0.15, -0.1) is 0 Å². The van der Waals surface area contributed by atoms with Crippen LogP contribution in [0.1, 0.15) is 45.6 Å². The Bertz CT molecular complexity index is 374. The van der Waals surface area contributed by atoms with E-state index in [-0.39, 0.29) is 0 Å². The summed E-state index contributed by atoms with van der Waals surface area (Å²) in [5.41, 5.74) is 1.15. The maximum absolute atomic E-state index is 4.51. The second-order valence-corrected chi connectivity index (χ2v) is 5.82. The minimum absolute atomic E-state index is 0.494. The van der Waals surface area contributed by atoms with Crippen LogP contribution in [0, 0.1) is 5.92 Å². The summed E-state index contributed by atoms with van der Waals surface area (Å²) in [6, 6.07) is 0.494. The standard InChI is InChI=1S/C15H26N4/c1-4-5-13-6-7-19(11-13)15-17-9-14(10-18-15)8-16-12(2)3/h9-10,12-13,16H,4-8,11H2,1-3H3. The molecule has 1 aliphatic heterocycles. The van der Waals surface area contributed by atoms with Gasteiger partial charge in [0.05, 0.1) is 0 Å². The Balaban J connectivity index is 1.88. The number of hydrogen-bond acceptors (Lipinski definition) is 4. The Morgan fingerprint density at radius 3 is 2.74 bits per heavy atom. The second kappa shape index (κ2) is 6.85. The van der Waals surface area contributed by atoms with E-state index in [1.807, 2.05) is 12.4 Å². The van der Waals surface area contributed by atoms with Gasteiger partial charge in [0.1, 0.15) is 0 Å². The number of anilines is 1. The first kappa shape index (κ1) is 14.3. The third-order valence-electron chi connectivity index (χ3n) is 3.67. The molecule has 2 rings (SSSR count). The van der Waals surface area contributed by atoms with Gasteiger partial charge in [0.25, 0.3) is 0 Å². The number of rotatable bonds is 6. The second-order valence-electron chi connectivity index (χ2n) is 5.82. The van der Waals surface area contributed by atoms with E-state index in [0.29, 0.717) is 6.04 Å². The van der Waals surface area contributed by atoms with E-state index < -0.39 is 0 Å². The summed E-state index contributed by atoms with van der Waals surface area (Å²) >= 11 is 0. The summed E-state index contributed by atoms with van der Waals surface area (Å²) in [6.07, 6.45) is 7.79. The third kappa shape index (κ3) is 4.16. The van der Waals surface area contributed by atoms with Gasteiger partial charge >= 0.3 is 0 Å². The van der Waals surface area contributed by atoms with E-state index in [1.54, 1.807) is 0 Å². The van der Waals surface area contributed by atoms with E-state index in [9.17, 15) is 0 Å². The van der Waals surface area contributed by atoms with Crippen molar-refractivity contribution in [2.75, 3.05) is 18.0 Å². The van der Waals surface area contributed by atoms with Gasteiger partial charge < -0.3 is 10.2 Å². The van der Waals surface area contributed by atoms with Gasteiger partial charge in [-0.05, 0) is 18.8 Å². The fourth-order valence-electron chi connectivity index (χ4n) is 2.58. The van der Waals surface area contributed by atoms with Crippen molar-refractivity contribution in [2.45, 2.75) is 52.6 Å². The van der Waals surface area contributed by atoms with Crippen molar-refractivity contribution in [1.29, 1.82) is 0 Å². The predicted octanol–water partition coefficient (Wildman–Crippen LogP) is 2.60. The van der Waals surface area contributed by atoms with E-state index in [0.717, 1.165) is 37.1 Å². The smallest absolute Gasteiger partial charge is 0.225 e. The molecule has 0 aliphatic carbocycles. The molecule has 0 bridgehead atoms. The Hall–Kier alpha value is -1.16. The quantitative estimate of drug-likeness (QED) is 0.855. The fraction of sp³-hybridized carbons (Fsp3) is 0.733. The van der Waals surface area contributed by atoms with Gasteiger partial charge in [-0.2, -0.15) is 0 Å². The molecule has 0 saturated carbocycles. The summed E-state index contributed by atoms with van der Waals surface area (Å²) in [5.74, 6) is 1.72. The van der Waals surface area contributed by atoms with Crippen LogP contribution in [-0.4, -0.2) is 29.1 Å². The van der Waals surface area contributed by atoms with Crippen molar-refractivity contribution in [1.82, 2.24) is 15.3 Å². The Labute approximate surface area is 116 Å². The zero-order valence-corrected chi connectivity index (χ0v) is 12.4. The molecular formula is C15H26N4. The molecule has 1 fully saturated rings. The molecule has 2 heterocycles. The monoisotopic (exact) mass is 262 g/mol. The SMILES string of the molecule is CCCC1CCN(c2ncc(CNC(C)C)cn2)C1. The fourth-order valence-corrected chi connectivity index (χ4v) is 2.58. The van der Waals surface area contributed by atoms with Crippen molar-refractivity contribution >= 4 is 5.95 Å². The molecule has 0 radical (unpaired) electrons. The number of nitrogens with zero attached hydrogens (tertiary/aromatic N) is 3. The molecular weight excluding hydrogens is 236 g/mol. The van der Waals surface area contributed by atoms with E-state index >= 15 is 0 Å². The van der Waals surface area contributed by atoms with Gasteiger partial charge in [-0.3, -0.25) is 0 Å². The van der Waals surface area contributed by atoms with E-state index in [1.165, 1.54) is 19.3 Å². The zero-order valence-electron chi connectivity index (χ0n) is 12.4. The van der Waals surface area contributed by atoms with Crippen LogP contribution in [0.15, 0.2) is 12.4 Å². The highest BCUT2D eigenvalue weighted by Gasteiger charge is 2.23. The van der Waals surface area contributed by atoms with Gasteiger partial charge in [0.15, 0.2) is 0 Å². The normalized spacial score (nSPS) is 19.4.